The first-order valence-electron chi connectivity index (χ1n) is 4.42. The van der Waals surface area contributed by atoms with Crippen LogP contribution in [0.15, 0.2) is 24.4 Å². The van der Waals surface area contributed by atoms with Crippen LogP contribution < -0.4 is 0 Å². The highest BCUT2D eigenvalue weighted by Crippen LogP contribution is 2.23. The van der Waals surface area contributed by atoms with Gasteiger partial charge >= 0.3 is 0 Å². The predicted molar refractivity (Wildman–Crippen MR) is 53.4 cm³/mol. The monoisotopic (exact) mass is 201 g/mol. The average molecular weight is 201 g/mol. The van der Waals surface area contributed by atoms with Crippen LogP contribution in [-0.2, 0) is 0 Å². The largest absolute Gasteiger partial charge is 0.282 e. The summed E-state index contributed by atoms with van der Waals surface area (Å²) in [4.78, 5) is 0. The molecule has 0 unspecified atom stereocenters. The van der Waals surface area contributed by atoms with Crippen molar-refractivity contribution in [3.05, 3.63) is 41.5 Å². The number of hydrogen-bond donors (Lipinski definition) is 1. The highest BCUT2D eigenvalue weighted by Gasteiger charge is 2.06. The molecule has 0 saturated carbocycles. The van der Waals surface area contributed by atoms with Crippen molar-refractivity contribution in [3.8, 4) is 17.2 Å². The summed E-state index contributed by atoms with van der Waals surface area (Å²) in [5.74, 6) is -0.412. The molecule has 0 aliphatic rings. The van der Waals surface area contributed by atoms with Gasteiger partial charge in [0.15, 0.2) is 0 Å². The standard InChI is InChI=1S/C11H8FN3/c1-7-11(6-14-15-7)9-2-8(5-13)3-10(12)4-9/h2-4,6H,1H3,(H,14,15). The fraction of sp³-hybridized carbons (Fsp3) is 0.0909. The molecule has 3 nitrogen and oxygen atoms in total. The van der Waals surface area contributed by atoms with Crippen LogP contribution in [0.4, 0.5) is 4.39 Å². The van der Waals surface area contributed by atoms with Gasteiger partial charge in [0.2, 0.25) is 0 Å². The molecule has 74 valence electrons. The lowest BCUT2D eigenvalue weighted by Gasteiger charge is -2.00. The van der Waals surface area contributed by atoms with Crippen molar-refractivity contribution in [3.63, 3.8) is 0 Å². The first-order chi connectivity index (χ1) is 7.20. The molecule has 0 spiro atoms. The van der Waals surface area contributed by atoms with E-state index in [-0.39, 0.29) is 0 Å². The van der Waals surface area contributed by atoms with Crippen LogP contribution in [0.25, 0.3) is 11.1 Å². The zero-order chi connectivity index (χ0) is 10.8. The first kappa shape index (κ1) is 9.41. The minimum Gasteiger partial charge on any atom is -0.282 e. The van der Waals surface area contributed by atoms with Gasteiger partial charge in [-0.1, -0.05) is 0 Å². The molecule has 1 heterocycles. The molecule has 0 aliphatic carbocycles. The van der Waals surface area contributed by atoms with E-state index in [0.717, 1.165) is 11.3 Å². The third kappa shape index (κ3) is 1.72. The van der Waals surface area contributed by atoms with Crippen LogP contribution in [0, 0.1) is 24.1 Å². The van der Waals surface area contributed by atoms with E-state index >= 15 is 0 Å². The number of halogens is 1. The lowest BCUT2D eigenvalue weighted by Crippen LogP contribution is -1.84. The lowest BCUT2D eigenvalue weighted by atomic mass is 10.0. The van der Waals surface area contributed by atoms with Crippen molar-refractivity contribution in [2.75, 3.05) is 0 Å². The van der Waals surface area contributed by atoms with Crippen molar-refractivity contribution in [2.24, 2.45) is 0 Å². The second-order valence-electron chi connectivity index (χ2n) is 3.25. The zero-order valence-electron chi connectivity index (χ0n) is 8.08. The number of rotatable bonds is 1. The van der Waals surface area contributed by atoms with E-state index in [4.69, 9.17) is 5.26 Å². The molecule has 4 heteroatoms. The fourth-order valence-electron chi connectivity index (χ4n) is 1.45. The van der Waals surface area contributed by atoms with E-state index < -0.39 is 5.82 Å². The third-order valence-electron chi connectivity index (χ3n) is 2.17. The smallest absolute Gasteiger partial charge is 0.125 e. The van der Waals surface area contributed by atoms with Crippen molar-refractivity contribution in [1.82, 2.24) is 10.2 Å². The molecule has 0 atom stereocenters. The number of nitriles is 1. The van der Waals surface area contributed by atoms with Gasteiger partial charge in [0.1, 0.15) is 5.82 Å². The van der Waals surface area contributed by atoms with Crippen molar-refractivity contribution in [2.45, 2.75) is 6.92 Å². The van der Waals surface area contributed by atoms with Crippen LogP contribution >= 0.6 is 0 Å². The summed E-state index contributed by atoms with van der Waals surface area (Å²) in [6.45, 7) is 1.85. The SMILES string of the molecule is Cc1[nH]ncc1-c1cc(F)cc(C#N)c1. The Morgan fingerprint density at radius 2 is 2.20 bits per heavy atom. The average Bonchev–Trinajstić information content (AvgIpc) is 2.63. The normalized spacial score (nSPS) is 9.93. The molecule has 0 radical (unpaired) electrons. The highest BCUT2D eigenvalue weighted by atomic mass is 19.1. The summed E-state index contributed by atoms with van der Waals surface area (Å²) in [5, 5.41) is 15.3. The number of nitrogens with one attached hydrogen (secondary N) is 1. The number of H-pyrrole nitrogens is 1. The number of hydrogen-bond acceptors (Lipinski definition) is 2. The summed E-state index contributed by atoms with van der Waals surface area (Å²) in [6.07, 6.45) is 1.62. The molecule has 2 aromatic rings. The minimum atomic E-state index is -0.412. The van der Waals surface area contributed by atoms with Gasteiger partial charge in [-0.15, -0.1) is 0 Å². The Bertz CT molecular complexity index is 537. The molecule has 0 bridgehead atoms. The second kappa shape index (κ2) is 3.54. The molecule has 1 aromatic carbocycles. The van der Waals surface area contributed by atoms with Crippen LogP contribution in [0.3, 0.4) is 0 Å². The Hall–Kier alpha value is -2.15. The van der Waals surface area contributed by atoms with Crippen molar-refractivity contribution in [1.29, 1.82) is 5.26 Å². The van der Waals surface area contributed by atoms with Crippen molar-refractivity contribution >= 4 is 0 Å². The van der Waals surface area contributed by atoms with Gasteiger partial charge in [0.25, 0.3) is 0 Å². The Morgan fingerprint density at radius 3 is 2.80 bits per heavy atom. The molecule has 0 amide bonds. The molecule has 0 fully saturated rings. The molecule has 15 heavy (non-hydrogen) atoms. The number of aryl methyl sites for hydroxylation is 1. The number of aromatic nitrogens is 2. The molecule has 2 rings (SSSR count). The topological polar surface area (TPSA) is 52.5 Å². The predicted octanol–water partition coefficient (Wildman–Crippen LogP) is 2.40. The van der Waals surface area contributed by atoms with Crippen LogP contribution in [0.1, 0.15) is 11.3 Å². The summed E-state index contributed by atoms with van der Waals surface area (Å²) < 4.78 is 13.2. The Balaban J connectivity index is 2.59. The van der Waals surface area contributed by atoms with Gasteiger partial charge in [-0.3, -0.25) is 5.10 Å². The van der Waals surface area contributed by atoms with Gasteiger partial charge in [0, 0.05) is 11.3 Å². The maximum absolute atomic E-state index is 13.2. The van der Waals surface area contributed by atoms with E-state index in [9.17, 15) is 4.39 Å². The van der Waals surface area contributed by atoms with E-state index in [1.165, 1.54) is 12.1 Å². The molecular weight excluding hydrogens is 193 g/mol. The van der Waals surface area contributed by atoms with Crippen LogP contribution in [0.5, 0.6) is 0 Å². The van der Waals surface area contributed by atoms with Gasteiger partial charge in [-0.2, -0.15) is 10.4 Å². The molecular formula is C11H8FN3. The van der Waals surface area contributed by atoms with Crippen LogP contribution in [-0.4, -0.2) is 10.2 Å². The summed E-state index contributed by atoms with van der Waals surface area (Å²) in [6, 6.07) is 6.15. The van der Waals surface area contributed by atoms with E-state index in [1.807, 2.05) is 13.0 Å². The lowest BCUT2D eigenvalue weighted by molar-refractivity contribution is 0.628. The highest BCUT2D eigenvalue weighted by molar-refractivity contribution is 5.66. The van der Waals surface area contributed by atoms with Gasteiger partial charge in [0.05, 0.1) is 17.8 Å². The van der Waals surface area contributed by atoms with Gasteiger partial charge in [-0.05, 0) is 30.7 Å². The summed E-state index contributed by atoms with van der Waals surface area (Å²) in [5.41, 5.74) is 2.64. The van der Waals surface area contributed by atoms with E-state index in [1.54, 1.807) is 12.3 Å². The van der Waals surface area contributed by atoms with Crippen LogP contribution in [0.2, 0.25) is 0 Å². The molecule has 1 aromatic heterocycles. The van der Waals surface area contributed by atoms with E-state index in [0.29, 0.717) is 11.1 Å². The Kier molecular flexibility index (Phi) is 2.22. The Morgan fingerprint density at radius 1 is 1.40 bits per heavy atom. The molecule has 1 N–H and O–H groups in total. The summed E-state index contributed by atoms with van der Waals surface area (Å²) in [7, 11) is 0. The minimum absolute atomic E-state index is 0.311. The maximum Gasteiger partial charge on any atom is 0.125 e. The quantitative estimate of drug-likeness (QED) is 0.770. The number of nitrogens with zero attached hydrogens (tertiary/aromatic N) is 2. The Labute approximate surface area is 86.2 Å². The van der Waals surface area contributed by atoms with Crippen molar-refractivity contribution < 1.29 is 4.39 Å². The van der Waals surface area contributed by atoms with E-state index in [2.05, 4.69) is 10.2 Å². The summed E-state index contributed by atoms with van der Waals surface area (Å²) >= 11 is 0. The molecule has 0 saturated heterocycles. The van der Waals surface area contributed by atoms with Gasteiger partial charge < -0.3 is 0 Å². The molecule has 0 aliphatic heterocycles. The zero-order valence-corrected chi connectivity index (χ0v) is 8.08. The first-order valence-corrected chi connectivity index (χ1v) is 4.42. The third-order valence-corrected chi connectivity index (χ3v) is 2.17. The second-order valence-corrected chi connectivity index (χ2v) is 3.25. The maximum atomic E-state index is 13.2. The number of benzene rings is 1. The van der Waals surface area contributed by atoms with Gasteiger partial charge in [-0.25, -0.2) is 4.39 Å². The fourth-order valence-corrected chi connectivity index (χ4v) is 1.45. The number of aromatic amines is 1.